The van der Waals surface area contributed by atoms with Gasteiger partial charge in [0.25, 0.3) is 0 Å². The molecule has 1 aromatic carbocycles. The van der Waals surface area contributed by atoms with Gasteiger partial charge in [0.1, 0.15) is 4.99 Å². The molecule has 1 aromatic rings. The number of nitrogens with two attached hydrogens (primary N) is 1. The number of hydrogen-bond donors (Lipinski definition) is 1. The van der Waals surface area contributed by atoms with Crippen molar-refractivity contribution in [3.8, 4) is 0 Å². The summed E-state index contributed by atoms with van der Waals surface area (Å²) in [5, 5.41) is 0. The number of rotatable bonds is 6. The predicted octanol–water partition coefficient (Wildman–Crippen LogP) is 3.26. The van der Waals surface area contributed by atoms with E-state index in [1.807, 2.05) is 0 Å². The Labute approximate surface area is 115 Å². The SMILES string of the molecule is CCCN(CC1CC1)c1ccc(C)cc1C(N)=S. The second-order valence-electron chi connectivity index (χ2n) is 5.27. The van der Waals surface area contributed by atoms with Gasteiger partial charge in [0, 0.05) is 24.3 Å². The van der Waals surface area contributed by atoms with Gasteiger partial charge in [0.05, 0.1) is 0 Å². The molecular formula is C15H22N2S. The fourth-order valence-electron chi connectivity index (χ4n) is 2.32. The summed E-state index contributed by atoms with van der Waals surface area (Å²) in [7, 11) is 0. The third kappa shape index (κ3) is 3.22. The molecule has 1 aliphatic carbocycles. The van der Waals surface area contributed by atoms with Crippen molar-refractivity contribution >= 4 is 22.9 Å². The van der Waals surface area contributed by atoms with Crippen molar-refractivity contribution in [1.29, 1.82) is 0 Å². The summed E-state index contributed by atoms with van der Waals surface area (Å²) < 4.78 is 0. The van der Waals surface area contributed by atoms with Crippen LogP contribution in [0.25, 0.3) is 0 Å². The van der Waals surface area contributed by atoms with E-state index in [2.05, 4.69) is 36.9 Å². The van der Waals surface area contributed by atoms with E-state index >= 15 is 0 Å². The van der Waals surface area contributed by atoms with Crippen LogP contribution >= 0.6 is 12.2 Å². The van der Waals surface area contributed by atoms with Crippen LogP contribution in [0.3, 0.4) is 0 Å². The van der Waals surface area contributed by atoms with Gasteiger partial charge in [-0.05, 0) is 44.2 Å². The lowest BCUT2D eigenvalue weighted by Gasteiger charge is -2.27. The molecule has 1 saturated carbocycles. The Morgan fingerprint density at radius 3 is 2.72 bits per heavy atom. The van der Waals surface area contributed by atoms with Gasteiger partial charge in [-0.15, -0.1) is 0 Å². The zero-order valence-corrected chi connectivity index (χ0v) is 12.1. The highest BCUT2D eigenvalue weighted by Crippen LogP contribution is 2.32. The van der Waals surface area contributed by atoms with E-state index in [4.69, 9.17) is 18.0 Å². The highest BCUT2D eigenvalue weighted by Gasteiger charge is 2.25. The van der Waals surface area contributed by atoms with E-state index < -0.39 is 0 Å². The predicted molar refractivity (Wildman–Crippen MR) is 82.3 cm³/mol. The zero-order valence-electron chi connectivity index (χ0n) is 11.3. The maximum atomic E-state index is 5.87. The average Bonchev–Trinajstić information content (AvgIpc) is 3.12. The van der Waals surface area contributed by atoms with Crippen LogP contribution in [-0.2, 0) is 0 Å². The van der Waals surface area contributed by atoms with Crippen LogP contribution in [0.5, 0.6) is 0 Å². The van der Waals surface area contributed by atoms with Crippen molar-refractivity contribution in [2.75, 3.05) is 18.0 Å². The molecule has 0 heterocycles. The summed E-state index contributed by atoms with van der Waals surface area (Å²) in [6.07, 6.45) is 3.89. The normalized spacial score (nSPS) is 14.6. The number of hydrogen-bond acceptors (Lipinski definition) is 2. The van der Waals surface area contributed by atoms with Gasteiger partial charge in [-0.2, -0.15) is 0 Å². The smallest absolute Gasteiger partial charge is 0.106 e. The maximum absolute atomic E-state index is 5.87. The third-order valence-corrected chi connectivity index (χ3v) is 3.65. The molecule has 0 spiro atoms. The monoisotopic (exact) mass is 262 g/mol. The fourth-order valence-corrected chi connectivity index (χ4v) is 2.48. The molecule has 98 valence electrons. The Kier molecular flexibility index (Phi) is 4.23. The molecule has 18 heavy (non-hydrogen) atoms. The van der Waals surface area contributed by atoms with Crippen LogP contribution in [-0.4, -0.2) is 18.1 Å². The second kappa shape index (κ2) is 5.70. The van der Waals surface area contributed by atoms with Crippen molar-refractivity contribution < 1.29 is 0 Å². The first-order chi connectivity index (χ1) is 8.61. The topological polar surface area (TPSA) is 29.3 Å². The molecule has 0 atom stereocenters. The summed E-state index contributed by atoms with van der Waals surface area (Å²) in [4.78, 5) is 2.96. The van der Waals surface area contributed by atoms with E-state index in [9.17, 15) is 0 Å². The summed E-state index contributed by atoms with van der Waals surface area (Å²) in [6, 6.07) is 6.42. The number of aryl methyl sites for hydroxylation is 1. The van der Waals surface area contributed by atoms with Crippen LogP contribution in [0.2, 0.25) is 0 Å². The first-order valence-electron chi connectivity index (χ1n) is 6.77. The van der Waals surface area contributed by atoms with Gasteiger partial charge in [0.2, 0.25) is 0 Å². The van der Waals surface area contributed by atoms with Gasteiger partial charge < -0.3 is 10.6 Å². The summed E-state index contributed by atoms with van der Waals surface area (Å²) in [5.74, 6) is 0.872. The molecule has 3 heteroatoms. The second-order valence-corrected chi connectivity index (χ2v) is 5.71. The number of nitrogens with zero attached hydrogens (tertiary/aromatic N) is 1. The summed E-state index contributed by atoms with van der Waals surface area (Å²) in [5.41, 5.74) is 9.32. The molecule has 0 aromatic heterocycles. The quantitative estimate of drug-likeness (QED) is 0.798. The van der Waals surface area contributed by atoms with Gasteiger partial charge in [0.15, 0.2) is 0 Å². The van der Waals surface area contributed by atoms with Gasteiger partial charge in [-0.1, -0.05) is 30.8 Å². The van der Waals surface area contributed by atoms with Gasteiger partial charge in [-0.25, -0.2) is 0 Å². The first kappa shape index (κ1) is 13.3. The van der Waals surface area contributed by atoms with E-state index in [0.717, 1.165) is 31.0 Å². The van der Waals surface area contributed by atoms with Crippen LogP contribution < -0.4 is 10.6 Å². The third-order valence-electron chi connectivity index (χ3n) is 3.43. The molecule has 0 aliphatic heterocycles. The van der Waals surface area contributed by atoms with Gasteiger partial charge >= 0.3 is 0 Å². The number of anilines is 1. The Bertz CT molecular complexity index is 438. The molecule has 0 unspecified atom stereocenters. The fraction of sp³-hybridized carbons (Fsp3) is 0.533. The van der Waals surface area contributed by atoms with E-state index in [0.29, 0.717) is 4.99 Å². The Balaban J connectivity index is 2.29. The van der Waals surface area contributed by atoms with E-state index in [1.165, 1.54) is 24.1 Å². The van der Waals surface area contributed by atoms with Crippen LogP contribution in [0.15, 0.2) is 18.2 Å². The minimum absolute atomic E-state index is 0.505. The van der Waals surface area contributed by atoms with Crippen LogP contribution in [0.4, 0.5) is 5.69 Å². The average molecular weight is 262 g/mol. The standard InChI is InChI=1S/C15H22N2S/c1-3-8-17(10-12-5-6-12)14-7-4-11(2)9-13(14)15(16)18/h4,7,9,12H,3,5-6,8,10H2,1-2H3,(H2,16,18). The lowest BCUT2D eigenvalue weighted by atomic mass is 10.1. The van der Waals surface area contributed by atoms with Crippen LogP contribution in [0, 0.1) is 12.8 Å². The van der Waals surface area contributed by atoms with Crippen LogP contribution in [0.1, 0.15) is 37.3 Å². The van der Waals surface area contributed by atoms with E-state index in [-0.39, 0.29) is 0 Å². The molecule has 2 N–H and O–H groups in total. The Morgan fingerprint density at radius 2 is 2.17 bits per heavy atom. The van der Waals surface area contributed by atoms with E-state index in [1.54, 1.807) is 0 Å². The Hall–Kier alpha value is -1.09. The minimum Gasteiger partial charge on any atom is -0.389 e. The van der Waals surface area contributed by atoms with Crippen molar-refractivity contribution in [1.82, 2.24) is 0 Å². The molecule has 2 rings (SSSR count). The maximum Gasteiger partial charge on any atom is 0.106 e. The van der Waals surface area contributed by atoms with Crippen molar-refractivity contribution in [2.24, 2.45) is 11.7 Å². The van der Waals surface area contributed by atoms with Gasteiger partial charge in [-0.3, -0.25) is 0 Å². The number of thiocarbonyl (C=S) groups is 1. The van der Waals surface area contributed by atoms with Crippen molar-refractivity contribution in [3.63, 3.8) is 0 Å². The Morgan fingerprint density at radius 1 is 1.44 bits per heavy atom. The lowest BCUT2D eigenvalue weighted by Crippen LogP contribution is -2.29. The molecule has 0 saturated heterocycles. The van der Waals surface area contributed by atoms with Crippen molar-refractivity contribution in [3.05, 3.63) is 29.3 Å². The highest BCUT2D eigenvalue weighted by atomic mass is 32.1. The molecule has 2 nitrogen and oxygen atoms in total. The molecule has 0 bridgehead atoms. The zero-order chi connectivity index (χ0) is 13.1. The molecular weight excluding hydrogens is 240 g/mol. The summed E-state index contributed by atoms with van der Waals surface area (Å²) >= 11 is 5.19. The summed E-state index contributed by atoms with van der Waals surface area (Å²) in [6.45, 7) is 6.52. The number of benzene rings is 1. The first-order valence-corrected chi connectivity index (χ1v) is 7.18. The highest BCUT2D eigenvalue weighted by molar-refractivity contribution is 7.80. The largest absolute Gasteiger partial charge is 0.389 e. The molecule has 1 fully saturated rings. The lowest BCUT2D eigenvalue weighted by molar-refractivity contribution is 0.707. The molecule has 0 radical (unpaired) electrons. The van der Waals surface area contributed by atoms with Crippen molar-refractivity contribution in [2.45, 2.75) is 33.1 Å². The molecule has 0 amide bonds. The minimum atomic E-state index is 0.505. The molecule has 1 aliphatic rings.